The molecule has 0 unspecified atom stereocenters. The molecule has 0 aliphatic carbocycles. The fourth-order valence-corrected chi connectivity index (χ4v) is 1.97. The molecule has 84 valence electrons. The molecule has 0 spiro atoms. The first-order valence-electron chi connectivity index (χ1n) is 4.61. The number of carboxylic acids is 1. The van der Waals surface area contributed by atoms with Crippen LogP contribution in [0.15, 0.2) is 23.2 Å². The smallest absolute Gasteiger partial charge is 0.335 e. The number of carbonyl (C=O) groups is 1. The normalized spacial score (nSPS) is 13.3. The van der Waals surface area contributed by atoms with E-state index in [0.29, 0.717) is 34.7 Å². The molecule has 0 aromatic heterocycles. The van der Waals surface area contributed by atoms with Crippen LogP contribution in [0.2, 0.25) is 0 Å². The van der Waals surface area contributed by atoms with Crippen LogP contribution >= 0.6 is 15.9 Å². The zero-order valence-corrected chi connectivity index (χ0v) is 9.91. The van der Waals surface area contributed by atoms with Gasteiger partial charge in [-0.25, -0.2) is 4.79 Å². The van der Waals surface area contributed by atoms with E-state index in [1.807, 2.05) is 0 Å². The van der Waals surface area contributed by atoms with Crippen LogP contribution in [0.4, 0.5) is 0 Å². The Hall–Kier alpha value is -1.49. The van der Waals surface area contributed by atoms with Gasteiger partial charge in [0, 0.05) is 0 Å². The molecule has 5 heteroatoms. The van der Waals surface area contributed by atoms with E-state index in [0.717, 1.165) is 0 Å². The molecule has 4 nitrogen and oxygen atoms in total. The minimum absolute atomic E-state index is 0.0256. The van der Waals surface area contributed by atoms with Gasteiger partial charge >= 0.3 is 5.97 Å². The average molecular weight is 285 g/mol. The summed E-state index contributed by atoms with van der Waals surface area (Å²) in [6.45, 7) is 4.45. The van der Waals surface area contributed by atoms with Crippen molar-refractivity contribution in [3.63, 3.8) is 0 Å². The maximum atomic E-state index is 10.8. The Morgan fingerprint density at radius 1 is 1.38 bits per heavy atom. The number of ether oxygens (including phenoxy) is 2. The molecule has 0 saturated heterocycles. The summed E-state index contributed by atoms with van der Waals surface area (Å²) in [7, 11) is 0. The van der Waals surface area contributed by atoms with Crippen molar-refractivity contribution >= 4 is 27.5 Å². The van der Waals surface area contributed by atoms with Gasteiger partial charge in [-0.3, -0.25) is 0 Å². The summed E-state index contributed by atoms with van der Waals surface area (Å²) in [5.41, 5.74) is 0.529. The molecule has 0 fully saturated rings. The van der Waals surface area contributed by atoms with Gasteiger partial charge in [-0.2, -0.15) is 0 Å². The number of fused-ring (bicyclic) bond motifs is 1. The van der Waals surface area contributed by atoms with Gasteiger partial charge in [-0.15, -0.1) is 0 Å². The lowest BCUT2D eigenvalue weighted by Gasteiger charge is -2.20. The van der Waals surface area contributed by atoms with Crippen molar-refractivity contribution in [2.45, 2.75) is 0 Å². The van der Waals surface area contributed by atoms with Crippen molar-refractivity contribution in [3.05, 3.63) is 28.7 Å². The monoisotopic (exact) mass is 284 g/mol. The van der Waals surface area contributed by atoms with E-state index in [9.17, 15) is 4.79 Å². The standard InChI is InChI=1S/C11H9BrO4/c1-6(11(13)14)7-4-8(12)10-9(5-7)15-2-3-16-10/h4-5H,1-3H2,(H,13,14). The molecule has 2 rings (SSSR count). The zero-order chi connectivity index (χ0) is 11.7. The first-order valence-corrected chi connectivity index (χ1v) is 5.40. The lowest BCUT2D eigenvalue weighted by molar-refractivity contribution is -0.130. The molecule has 0 bridgehead atoms. The van der Waals surface area contributed by atoms with Gasteiger partial charge in [0.1, 0.15) is 13.2 Å². The summed E-state index contributed by atoms with van der Waals surface area (Å²) < 4.78 is 11.5. The number of hydrogen-bond acceptors (Lipinski definition) is 3. The zero-order valence-electron chi connectivity index (χ0n) is 8.33. The topological polar surface area (TPSA) is 55.8 Å². The average Bonchev–Trinajstić information content (AvgIpc) is 2.28. The lowest BCUT2D eigenvalue weighted by Crippen LogP contribution is -2.16. The summed E-state index contributed by atoms with van der Waals surface area (Å²) >= 11 is 3.31. The van der Waals surface area contributed by atoms with E-state index in [1.54, 1.807) is 12.1 Å². The SMILES string of the molecule is C=C(C(=O)O)c1cc(Br)c2c(c1)OCCO2. The highest BCUT2D eigenvalue weighted by molar-refractivity contribution is 9.10. The van der Waals surface area contributed by atoms with Crippen LogP contribution in [-0.4, -0.2) is 24.3 Å². The van der Waals surface area contributed by atoms with Gasteiger partial charge < -0.3 is 14.6 Å². The van der Waals surface area contributed by atoms with E-state index < -0.39 is 5.97 Å². The molecular formula is C11H9BrO4. The van der Waals surface area contributed by atoms with Gasteiger partial charge in [0.25, 0.3) is 0 Å². The summed E-state index contributed by atoms with van der Waals surface area (Å²) in [6, 6.07) is 3.28. The maximum absolute atomic E-state index is 10.8. The second-order valence-electron chi connectivity index (χ2n) is 3.27. The Kier molecular flexibility index (Phi) is 2.87. The number of hydrogen-bond donors (Lipinski definition) is 1. The minimum atomic E-state index is -1.05. The van der Waals surface area contributed by atoms with Crippen LogP contribution < -0.4 is 9.47 Å². The number of carboxylic acid groups (broad SMARTS) is 1. The van der Waals surface area contributed by atoms with Crippen LogP contribution in [0.25, 0.3) is 5.57 Å². The van der Waals surface area contributed by atoms with Crippen molar-refractivity contribution in [1.29, 1.82) is 0 Å². The van der Waals surface area contributed by atoms with Crippen LogP contribution in [0.1, 0.15) is 5.56 Å². The lowest BCUT2D eigenvalue weighted by atomic mass is 10.1. The first-order chi connectivity index (χ1) is 7.59. The van der Waals surface area contributed by atoms with Crippen LogP contribution in [0.5, 0.6) is 11.5 Å². The predicted molar refractivity (Wildman–Crippen MR) is 61.8 cm³/mol. The quantitative estimate of drug-likeness (QED) is 0.847. The third-order valence-electron chi connectivity index (χ3n) is 2.20. The molecule has 1 heterocycles. The Labute approximate surface area is 101 Å². The van der Waals surface area contributed by atoms with E-state index in [-0.39, 0.29) is 5.57 Å². The van der Waals surface area contributed by atoms with E-state index in [2.05, 4.69) is 22.5 Å². The van der Waals surface area contributed by atoms with Crippen molar-refractivity contribution in [2.75, 3.05) is 13.2 Å². The second-order valence-corrected chi connectivity index (χ2v) is 4.12. The van der Waals surface area contributed by atoms with Crippen LogP contribution in [0.3, 0.4) is 0 Å². The molecule has 0 atom stereocenters. The highest BCUT2D eigenvalue weighted by atomic mass is 79.9. The van der Waals surface area contributed by atoms with E-state index >= 15 is 0 Å². The van der Waals surface area contributed by atoms with Crippen molar-refractivity contribution in [2.24, 2.45) is 0 Å². The summed E-state index contributed by atoms with van der Waals surface area (Å²) in [5.74, 6) is 0.0924. The Balaban J connectivity index is 2.47. The summed E-state index contributed by atoms with van der Waals surface area (Å²) in [5, 5.41) is 8.84. The van der Waals surface area contributed by atoms with Gasteiger partial charge in [-0.05, 0) is 33.6 Å². The third-order valence-corrected chi connectivity index (χ3v) is 2.79. The van der Waals surface area contributed by atoms with E-state index in [4.69, 9.17) is 14.6 Å². The molecule has 0 radical (unpaired) electrons. The Morgan fingerprint density at radius 3 is 2.75 bits per heavy atom. The molecule has 1 aromatic carbocycles. The number of benzene rings is 1. The fourth-order valence-electron chi connectivity index (χ4n) is 1.41. The summed E-state index contributed by atoms with van der Waals surface area (Å²) in [6.07, 6.45) is 0. The van der Waals surface area contributed by atoms with Crippen molar-refractivity contribution < 1.29 is 19.4 Å². The van der Waals surface area contributed by atoms with Crippen LogP contribution in [0, 0.1) is 0 Å². The largest absolute Gasteiger partial charge is 0.486 e. The fraction of sp³-hybridized carbons (Fsp3) is 0.182. The molecule has 16 heavy (non-hydrogen) atoms. The third kappa shape index (κ3) is 1.90. The maximum Gasteiger partial charge on any atom is 0.335 e. The molecule has 1 aromatic rings. The van der Waals surface area contributed by atoms with Crippen LogP contribution in [-0.2, 0) is 4.79 Å². The molecule has 0 amide bonds. The molecule has 1 aliphatic rings. The second kappa shape index (κ2) is 4.17. The molecule has 1 aliphatic heterocycles. The van der Waals surface area contributed by atoms with Crippen molar-refractivity contribution in [1.82, 2.24) is 0 Å². The first kappa shape index (κ1) is 11.0. The Morgan fingerprint density at radius 2 is 2.06 bits per heavy atom. The highest BCUT2D eigenvalue weighted by Crippen LogP contribution is 2.39. The number of rotatable bonds is 2. The van der Waals surface area contributed by atoms with Gasteiger partial charge in [0.2, 0.25) is 0 Å². The van der Waals surface area contributed by atoms with Gasteiger partial charge in [0.15, 0.2) is 11.5 Å². The molecular weight excluding hydrogens is 276 g/mol. The van der Waals surface area contributed by atoms with Gasteiger partial charge in [0.05, 0.1) is 10.0 Å². The Bertz CT molecular complexity index is 467. The summed E-state index contributed by atoms with van der Waals surface area (Å²) in [4.78, 5) is 10.8. The van der Waals surface area contributed by atoms with Crippen molar-refractivity contribution in [3.8, 4) is 11.5 Å². The highest BCUT2D eigenvalue weighted by Gasteiger charge is 2.18. The van der Waals surface area contributed by atoms with Gasteiger partial charge in [-0.1, -0.05) is 6.58 Å². The molecule has 1 N–H and O–H groups in total. The number of aliphatic carboxylic acids is 1. The molecule has 0 saturated carbocycles. The predicted octanol–water partition coefficient (Wildman–Crippen LogP) is 2.32. The van der Waals surface area contributed by atoms with E-state index in [1.165, 1.54) is 0 Å². The number of halogens is 1. The minimum Gasteiger partial charge on any atom is -0.486 e.